The van der Waals surface area contributed by atoms with Crippen molar-refractivity contribution >= 4 is 11.8 Å². The number of aliphatic carboxylic acids is 1. The van der Waals surface area contributed by atoms with Gasteiger partial charge in [0, 0.05) is 25.4 Å². The van der Waals surface area contributed by atoms with Gasteiger partial charge in [-0.25, -0.2) is 0 Å². The van der Waals surface area contributed by atoms with Gasteiger partial charge in [-0.15, -0.1) is 0 Å². The van der Waals surface area contributed by atoms with Crippen LogP contribution in [0.4, 0.5) is 26.3 Å². The highest BCUT2D eigenvalue weighted by Crippen LogP contribution is 2.39. The van der Waals surface area contributed by atoms with Gasteiger partial charge in [0.05, 0.1) is 16.5 Å². The van der Waals surface area contributed by atoms with Gasteiger partial charge in [-0.1, -0.05) is 6.07 Å². The lowest BCUT2D eigenvalue weighted by Crippen LogP contribution is -2.29. The first-order valence-corrected chi connectivity index (χ1v) is 11.0. The molecular formula is C25H25F6NO3. The second-order valence-corrected chi connectivity index (χ2v) is 9.26. The van der Waals surface area contributed by atoms with Crippen molar-refractivity contribution in [3.63, 3.8) is 0 Å². The van der Waals surface area contributed by atoms with Crippen molar-refractivity contribution in [1.82, 2.24) is 5.32 Å². The average Bonchev–Trinajstić information content (AvgIpc) is 3.60. The number of carbonyl (C=O) groups excluding carboxylic acids is 1. The van der Waals surface area contributed by atoms with E-state index in [1.165, 1.54) is 19.9 Å². The van der Waals surface area contributed by atoms with Crippen molar-refractivity contribution in [3.05, 3.63) is 58.7 Å². The lowest BCUT2D eigenvalue weighted by molar-refractivity contribution is -0.143. The number of rotatable bonds is 9. The highest BCUT2D eigenvalue weighted by Gasteiger charge is 2.36. The Morgan fingerprint density at radius 2 is 1.51 bits per heavy atom. The van der Waals surface area contributed by atoms with Crippen LogP contribution in [0.3, 0.4) is 0 Å². The lowest BCUT2D eigenvalue weighted by atomic mass is 9.81. The minimum atomic E-state index is -4.80. The van der Waals surface area contributed by atoms with Crippen molar-refractivity contribution in [2.24, 2.45) is 5.92 Å². The molecule has 10 heteroatoms. The fraction of sp³-hybridized carbons (Fsp3) is 0.440. The van der Waals surface area contributed by atoms with Crippen LogP contribution in [0.1, 0.15) is 55.4 Å². The molecular weight excluding hydrogens is 476 g/mol. The van der Waals surface area contributed by atoms with Gasteiger partial charge in [0.2, 0.25) is 0 Å². The summed E-state index contributed by atoms with van der Waals surface area (Å²) in [5.41, 5.74) is -3.75. The maximum Gasteiger partial charge on any atom is 0.416 e. The van der Waals surface area contributed by atoms with E-state index >= 15 is 0 Å². The molecule has 190 valence electrons. The Morgan fingerprint density at radius 1 is 0.914 bits per heavy atom. The van der Waals surface area contributed by atoms with E-state index in [9.17, 15) is 41.0 Å². The maximum absolute atomic E-state index is 13.6. The topological polar surface area (TPSA) is 66.4 Å². The van der Waals surface area contributed by atoms with Gasteiger partial charge >= 0.3 is 18.3 Å². The summed E-state index contributed by atoms with van der Waals surface area (Å²) in [6.07, 6.45) is -7.59. The van der Waals surface area contributed by atoms with Crippen LogP contribution in [-0.4, -0.2) is 23.4 Å². The van der Waals surface area contributed by atoms with E-state index in [0.717, 1.165) is 43.2 Å². The third kappa shape index (κ3) is 6.42. The van der Waals surface area contributed by atoms with Crippen LogP contribution in [0.5, 0.6) is 0 Å². The second kappa shape index (κ2) is 9.64. The number of hydrogen-bond acceptors (Lipinski definition) is 3. The molecule has 2 N–H and O–H groups in total. The number of Topliss-reactive ketones (excluding diaryl/α,β-unsaturated/α-hetero) is 1. The standard InChI is InChI=1S/C25H25F6NO3/c1-23(2,22(34)35)18-9-15(10-19(12-18)25(29,30)31)20-6-5-17(24(26,27)28)11-16(20)13-32-8-7-21(33)14-3-4-14/h5-6,9-12,14,32H,3-4,7-8,13H2,1-2H3,(H,34,35). The molecule has 1 fully saturated rings. The predicted octanol–water partition coefficient (Wildman–Crippen LogP) is 6.21. The molecule has 0 unspecified atom stereocenters. The van der Waals surface area contributed by atoms with Gasteiger partial charge in [-0.05, 0) is 79.3 Å². The summed E-state index contributed by atoms with van der Waals surface area (Å²) in [5.74, 6) is -1.24. The number of hydrogen-bond donors (Lipinski definition) is 2. The molecule has 35 heavy (non-hydrogen) atoms. The Bertz CT molecular complexity index is 1120. The van der Waals surface area contributed by atoms with Crippen LogP contribution in [0, 0.1) is 5.92 Å². The molecule has 0 saturated heterocycles. The van der Waals surface area contributed by atoms with Gasteiger partial charge in [-0.2, -0.15) is 26.3 Å². The van der Waals surface area contributed by atoms with Crippen LogP contribution in [0.25, 0.3) is 11.1 Å². The number of carbonyl (C=O) groups is 2. The van der Waals surface area contributed by atoms with Crippen molar-refractivity contribution in [1.29, 1.82) is 0 Å². The van der Waals surface area contributed by atoms with Crippen molar-refractivity contribution < 1.29 is 41.0 Å². The zero-order valence-corrected chi connectivity index (χ0v) is 19.1. The number of alkyl halides is 6. The molecule has 0 amide bonds. The Morgan fingerprint density at radius 3 is 2.06 bits per heavy atom. The van der Waals surface area contributed by atoms with Gasteiger partial charge in [0.15, 0.2) is 0 Å². The fourth-order valence-electron chi connectivity index (χ4n) is 3.67. The predicted molar refractivity (Wildman–Crippen MR) is 117 cm³/mol. The minimum Gasteiger partial charge on any atom is -0.481 e. The summed E-state index contributed by atoms with van der Waals surface area (Å²) in [5, 5.41) is 12.4. The van der Waals surface area contributed by atoms with Crippen LogP contribution in [0.15, 0.2) is 36.4 Å². The minimum absolute atomic E-state index is 0.0436. The lowest BCUT2D eigenvalue weighted by Gasteiger charge is -2.23. The number of nitrogens with one attached hydrogen (secondary N) is 1. The van der Waals surface area contributed by atoms with Gasteiger partial charge < -0.3 is 10.4 Å². The van der Waals surface area contributed by atoms with E-state index in [4.69, 9.17) is 0 Å². The number of carboxylic acids is 1. The van der Waals surface area contributed by atoms with Gasteiger partial charge in [0.1, 0.15) is 5.78 Å². The van der Waals surface area contributed by atoms with Crippen LogP contribution in [0.2, 0.25) is 0 Å². The maximum atomic E-state index is 13.6. The monoisotopic (exact) mass is 501 g/mol. The summed E-state index contributed by atoms with van der Waals surface area (Å²) in [6.45, 7) is 2.59. The Kier molecular flexibility index (Phi) is 7.36. The number of halogens is 6. The molecule has 0 atom stereocenters. The highest BCUT2D eigenvalue weighted by molar-refractivity contribution is 5.83. The van der Waals surface area contributed by atoms with Crippen LogP contribution >= 0.6 is 0 Å². The zero-order valence-electron chi connectivity index (χ0n) is 19.1. The molecule has 0 aromatic heterocycles. The molecule has 0 radical (unpaired) electrons. The number of benzene rings is 2. The first kappa shape index (κ1) is 26.7. The molecule has 0 bridgehead atoms. The van der Waals surface area contributed by atoms with Gasteiger partial charge in [-0.3, -0.25) is 9.59 Å². The van der Waals surface area contributed by atoms with E-state index in [1.54, 1.807) is 0 Å². The molecule has 0 heterocycles. The summed E-state index contributed by atoms with van der Waals surface area (Å²) in [7, 11) is 0. The average molecular weight is 501 g/mol. The van der Waals surface area contributed by atoms with E-state index in [1.807, 2.05) is 0 Å². The SMILES string of the molecule is CC(C)(C(=O)O)c1cc(-c2ccc(C(F)(F)F)cc2CNCCC(=O)C2CC2)cc(C(F)(F)F)c1. The summed E-state index contributed by atoms with van der Waals surface area (Å²) in [4.78, 5) is 23.6. The number of carboxylic acid groups (broad SMARTS) is 1. The zero-order chi connectivity index (χ0) is 26.2. The fourth-order valence-corrected chi connectivity index (χ4v) is 3.67. The highest BCUT2D eigenvalue weighted by atomic mass is 19.4. The molecule has 0 aliphatic heterocycles. The molecule has 2 aromatic rings. The van der Waals surface area contributed by atoms with Gasteiger partial charge in [0.25, 0.3) is 0 Å². The normalized spacial score (nSPS) is 14.7. The van der Waals surface area contributed by atoms with E-state index in [-0.39, 0.29) is 53.5 Å². The number of ketones is 1. The molecule has 2 aromatic carbocycles. The quantitative estimate of drug-likeness (QED) is 0.317. The molecule has 3 rings (SSSR count). The first-order valence-electron chi connectivity index (χ1n) is 11.0. The summed E-state index contributed by atoms with van der Waals surface area (Å²) in [6, 6.07) is 5.51. The largest absolute Gasteiger partial charge is 0.481 e. The van der Waals surface area contributed by atoms with E-state index in [2.05, 4.69) is 5.32 Å². The molecule has 1 aliphatic rings. The molecule has 0 spiro atoms. The second-order valence-electron chi connectivity index (χ2n) is 9.26. The third-order valence-electron chi connectivity index (χ3n) is 6.16. The van der Waals surface area contributed by atoms with Crippen molar-refractivity contribution in [2.75, 3.05) is 6.54 Å². The van der Waals surface area contributed by atoms with Crippen LogP contribution in [-0.2, 0) is 33.9 Å². The van der Waals surface area contributed by atoms with E-state index in [0.29, 0.717) is 0 Å². The van der Waals surface area contributed by atoms with E-state index < -0.39 is 34.9 Å². The Labute approximate surface area is 198 Å². The summed E-state index contributed by atoms with van der Waals surface area (Å²) >= 11 is 0. The molecule has 4 nitrogen and oxygen atoms in total. The van der Waals surface area contributed by atoms with Crippen molar-refractivity contribution in [2.45, 2.75) is 57.4 Å². The molecule has 1 aliphatic carbocycles. The smallest absolute Gasteiger partial charge is 0.416 e. The van der Waals surface area contributed by atoms with Crippen LogP contribution < -0.4 is 5.32 Å². The van der Waals surface area contributed by atoms with Crippen molar-refractivity contribution in [3.8, 4) is 11.1 Å². The summed E-state index contributed by atoms with van der Waals surface area (Å²) < 4.78 is 80.9. The Hall–Kier alpha value is -2.88. The third-order valence-corrected chi connectivity index (χ3v) is 6.16. The first-order chi connectivity index (χ1) is 16.1. The molecule has 1 saturated carbocycles. The Balaban J connectivity index is 2.04.